The third-order valence-corrected chi connectivity index (χ3v) is 4.27. The van der Waals surface area contributed by atoms with Gasteiger partial charge in [0.1, 0.15) is 5.82 Å². The van der Waals surface area contributed by atoms with Crippen LogP contribution in [0, 0.1) is 11.7 Å². The van der Waals surface area contributed by atoms with Gasteiger partial charge in [0.15, 0.2) is 11.5 Å². The number of methoxy groups -OCH3 is 1. The fourth-order valence-corrected chi connectivity index (χ4v) is 3.17. The Bertz CT molecular complexity index is 484. The number of ether oxygens (including phenoxy) is 1. The van der Waals surface area contributed by atoms with Gasteiger partial charge in [0.05, 0.1) is 17.1 Å². The standard InChI is InChI=1S/C13H18BrFN2O2/c1-17-6-7(5-16)3-9(17)11-12(15)8(14)4-10(18)13(11)19-2/h4,7,9,18H,3,5-6,16H2,1-2H3. The highest BCUT2D eigenvalue weighted by molar-refractivity contribution is 9.10. The minimum atomic E-state index is -0.385. The smallest absolute Gasteiger partial charge is 0.168 e. The van der Waals surface area contributed by atoms with Crippen molar-refractivity contribution in [3.8, 4) is 11.5 Å². The van der Waals surface area contributed by atoms with Crippen LogP contribution in [-0.4, -0.2) is 37.3 Å². The minimum absolute atomic E-state index is 0.0598. The molecule has 0 amide bonds. The van der Waals surface area contributed by atoms with Gasteiger partial charge in [0, 0.05) is 18.7 Å². The second-order valence-corrected chi connectivity index (χ2v) is 5.79. The quantitative estimate of drug-likeness (QED) is 0.891. The Morgan fingerprint density at radius 2 is 2.32 bits per heavy atom. The molecular weight excluding hydrogens is 315 g/mol. The van der Waals surface area contributed by atoms with Crippen LogP contribution in [0.1, 0.15) is 18.0 Å². The van der Waals surface area contributed by atoms with E-state index in [1.807, 2.05) is 11.9 Å². The highest BCUT2D eigenvalue weighted by Gasteiger charge is 2.35. The van der Waals surface area contributed by atoms with Gasteiger partial charge in [-0.05, 0) is 41.9 Å². The van der Waals surface area contributed by atoms with E-state index < -0.39 is 0 Å². The molecule has 0 aromatic heterocycles. The number of phenols is 1. The summed E-state index contributed by atoms with van der Waals surface area (Å²) >= 11 is 3.13. The molecular formula is C13H18BrFN2O2. The van der Waals surface area contributed by atoms with Crippen molar-refractivity contribution >= 4 is 15.9 Å². The Morgan fingerprint density at radius 1 is 1.63 bits per heavy atom. The van der Waals surface area contributed by atoms with Crippen molar-refractivity contribution in [1.29, 1.82) is 0 Å². The monoisotopic (exact) mass is 332 g/mol. The summed E-state index contributed by atoms with van der Waals surface area (Å²) in [6.45, 7) is 1.39. The average Bonchev–Trinajstić information content (AvgIpc) is 2.74. The molecule has 2 rings (SSSR count). The number of nitrogens with zero attached hydrogens (tertiary/aromatic N) is 1. The number of hydrogen-bond donors (Lipinski definition) is 2. The summed E-state index contributed by atoms with van der Waals surface area (Å²) in [5.74, 6) is 0.0926. The molecule has 0 bridgehead atoms. The van der Waals surface area contributed by atoms with E-state index in [1.165, 1.54) is 13.2 Å². The van der Waals surface area contributed by atoms with Crippen molar-refractivity contribution in [2.75, 3.05) is 27.2 Å². The molecule has 2 atom stereocenters. The van der Waals surface area contributed by atoms with E-state index in [9.17, 15) is 9.50 Å². The van der Waals surface area contributed by atoms with Gasteiger partial charge in [-0.2, -0.15) is 0 Å². The maximum atomic E-state index is 14.4. The topological polar surface area (TPSA) is 58.7 Å². The van der Waals surface area contributed by atoms with E-state index in [0.29, 0.717) is 18.0 Å². The molecule has 1 aliphatic rings. The Labute approximate surface area is 120 Å². The third kappa shape index (κ3) is 2.57. The van der Waals surface area contributed by atoms with Gasteiger partial charge in [-0.3, -0.25) is 4.90 Å². The van der Waals surface area contributed by atoms with Crippen molar-refractivity contribution in [2.24, 2.45) is 11.7 Å². The van der Waals surface area contributed by atoms with Gasteiger partial charge >= 0.3 is 0 Å². The molecule has 1 aliphatic heterocycles. The lowest BCUT2D eigenvalue weighted by atomic mass is 9.98. The van der Waals surface area contributed by atoms with Crippen molar-refractivity contribution in [1.82, 2.24) is 4.90 Å². The first-order valence-corrected chi connectivity index (χ1v) is 6.94. The van der Waals surface area contributed by atoms with Crippen LogP contribution < -0.4 is 10.5 Å². The van der Waals surface area contributed by atoms with Gasteiger partial charge in [-0.15, -0.1) is 0 Å². The largest absolute Gasteiger partial charge is 0.504 e. The second kappa shape index (κ2) is 5.64. The lowest BCUT2D eigenvalue weighted by Gasteiger charge is -2.23. The summed E-state index contributed by atoms with van der Waals surface area (Å²) in [4.78, 5) is 2.05. The third-order valence-electron chi connectivity index (χ3n) is 3.69. The van der Waals surface area contributed by atoms with Crippen molar-refractivity contribution < 1.29 is 14.2 Å². The maximum Gasteiger partial charge on any atom is 0.168 e. The van der Waals surface area contributed by atoms with Gasteiger partial charge in [0.25, 0.3) is 0 Å². The summed E-state index contributed by atoms with van der Waals surface area (Å²) in [5, 5.41) is 9.90. The molecule has 4 nitrogen and oxygen atoms in total. The van der Waals surface area contributed by atoms with Crippen LogP contribution in [0.4, 0.5) is 4.39 Å². The van der Waals surface area contributed by atoms with Gasteiger partial charge in [-0.25, -0.2) is 4.39 Å². The normalized spacial score (nSPS) is 23.8. The Hall–Kier alpha value is -0.850. The summed E-state index contributed by atoms with van der Waals surface area (Å²) < 4.78 is 19.8. The number of phenolic OH excluding ortho intramolecular Hbond substituents is 1. The molecule has 1 heterocycles. The summed E-state index contributed by atoms with van der Waals surface area (Å²) in [6.07, 6.45) is 0.760. The number of rotatable bonds is 3. The summed E-state index contributed by atoms with van der Waals surface area (Å²) in [5.41, 5.74) is 6.09. The molecule has 3 N–H and O–H groups in total. The fraction of sp³-hybridized carbons (Fsp3) is 0.538. The van der Waals surface area contributed by atoms with Crippen LogP contribution in [0.3, 0.4) is 0 Å². The highest BCUT2D eigenvalue weighted by atomic mass is 79.9. The first-order valence-electron chi connectivity index (χ1n) is 6.14. The van der Waals surface area contributed by atoms with Crippen LogP contribution >= 0.6 is 15.9 Å². The Morgan fingerprint density at radius 3 is 2.84 bits per heavy atom. The number of likely N-dealkylation sites (tertiary alicyclic amines) is 1. The molecule has 19 heavy (non-hydrogen) atoms. The number of hydrogen-bond acceptors (Lipinski definition) is 4. The zero-order chi connectivity index (χ0) is 14.2. The van der Waals surface area contributed by atoms with Crippen LogP contribution in [0.5, 0.6) is 11.5 Å². The first-order chi connectivity index (χ1) is 8.99. The number of benzene rings is 1. The van der Waals surface area contributed by atoms with Gasteiger partial charge in [0.2, 0.25) is 0 Å². The molecule has 106 valence electrons. The van der Waals surface area contributed by atoms with E-state index in [4.69, 9.17) is 10.5 Å². The van der Waals surface area contributed by atoms with Crippen LogP contribution in [0.25, 0.3) is 0 Å². The van der Waals surface area contributed by atoms with E-state index in [1.54, 1.807) is 0 Å². The second-order valence-electron chi connectivity index (χ2n) is 4.93. The molecule has 1 saturated heterocycles. The van der Waals surface area contributed by atoms with Crippen molar-refractivity contribution in [2.45, 2.75) is 12.5 Å². The van der Waals surface area contributed by atoms with Crippen LogP contribution in [-0.2, 0) is 0 Å². The molecule has 2 unspecified atom stereocenters. The van der Waals surface area contributed by atoms with E-state index >= 15 is 0 Å². The number of nitrogens with two attached hydrogens (primary N) is 1. The van der Waals surface area contributed by atoms with Crippen LogP contribution in [0.2, 0.25) is 0 Å². The lowest BCUT2D eigenvalue weighted by molar-refractivity contribution is 0.289. The van der Waals surface area contributed by atoms with E-state index in [2.05, 4.69) is 15.9 Å². The zero-order valence-corrected chi connectivity index (χ0v) is 12.6. The molecule has 6 heteroatoms. The fourth-order valence-electron chi connectivity index (χ4n) is 2.74. The van der Waals surface area contributed by atoms with E-state index in [-0.39, 0.29) is 27.8 Å². The van der Waals surface area contributed by atoms with Crippen LogP contribution in [0.15, 0.2) is 10.5 Å². The maximum absolute atomic E-state index is 14.4. The highest BCUT2D eigenvalue weighted by Crippen LogP contribution is 2.45. The first kappa shape index (κ1) is 14.6. The van der Waals surface area contributed by atoms with Crippen molar-refractivity contribution in [3.05, 3.63) is 21.9 Å². The Kier molecular flexibility index (Phi) is 4.32. The Balaban J connectivity index is 2.49. The summed E-state index contributed by atoms with van der Waals surface area (Å²) in [6, 6.07) is 1.18. The molecule has 1 aromatic rings. The van der Waals surface area contributed by atoms with Gasteiger partial charge in [-0.1, -0.05) is 0 Å². The summed E-state index contributed by atoms with van der Waals surface area (Å²) in [7, 11) is 3.36. The molecule has 0 spiro atoms. The predicted octanol–water partition coefficient (Wildman–Crippen LogP) is 2.25. The van der Waals surface area contributed by atoms with Gasteiger partial charge < -0.3 is 15.6 Å². The lowest BCUT2D eigenvalue weighted by Crippen LogP contribution is -2.21. The minimum Gasteiger partial charge on any atom is -0.504 e. The SMILES string of the molecule is COc1c(O)cc(Br)c(F)c1C1CC(CN)CN1C. The molecule has 0 saturated carbocycles. The zero-order valence-electron chi connectivity index (χ0n) is 11.0. The molecule has 1 fully saturated rings. The van der Waals surface area contributed by atoms with Crippen molar-refractivity contribution in [3.63, 3.8) is 0 Å². The number of aromatic hydroxyl groups is 1. The average molecular weight is 333 g/mol. The molecule has 0 aliphatic carbocycles. The molecule has 1 aromatic carbocycles. The van der Waals surface area contributed by atoms with E-state index in [0.717, 1.165) is 13.0 Å². The predicted molar refractivity (Wildman–Crippen MR) is 74.8 cm³/mol. The molecule has 0 radical (unpaired) electrons. The number of halogens is 2.